The van der Waals surface area contributed by atoms with Gasteiger partial charge in [-0.05, 0) is 38.7 Å². The zero-order chi connectivity index (χ0) is 16.3. The number of ether oxygens (including phenoxy) is 2. The van der Waals surface area contributed by atoms with Crippen molar-refractivity contribution in [3.05, 3.63) is 34.2 Å². The molecular formula is C17H24N2O4. The molecule has 1 aromatic rings. The van der Waals surface area contributed by atoms with Gasteiger partial charge in [0.2, 0.25) is 0 Å². The van der Waals surface area contributed by atoms with Gasteiger partial charge in [-0.15, -0.1) is 0 Å². The van der Waals surface area contributed by atoms with Gasteiger partial charge >= 0.3 is 0 Å². The fraction of sp³-hybridized carbons (Fsp3) is 0.647. The SMILES string of the molecule is CCn1ccc(C(=O)NC2CCOC3(CCOCC3)C2)cc1=O. The Balaban J connectivity index is 1.65. The molecule has 0 bridgehead atoms. The second-order valence-electron chi connectivity index (χ2n) is 6.35. The molecule has 1 unspecified atom stereocenters. The van der Waals surface area contributed by atoms with Crippen LogP contribution >= 0.6 is 0 Å². The van der Waals surface area contributed by atoms with Crippen LogP contribution < -0.4 is 10.9 Å². The van der Waals surface area contributed by atoms with E-state index in [9.17, 15) is 9.59 Å². The van der Waals surface area contributed by atoms with Gasteiger partial charge in [-0.3, -0.25) is 9.59 Å². The van der Waals surface area contributed by atoms with Gasteiger partial charge in [-0.1, -0.05) is 0 Å². The van der Waals surface area contributed by atoms with Gasteiger partial charge in [0.05, 0.1) is 5.60 Å². The Labute approximate surface area is 135 Å². The van der Waals surface area contributed by atoms with E-state index in [4.69, 9.17) is 9.47 Å². The fourth-order valence-corrected chi connectivity index (χ4v) is 3.42. The highest BCUT2D eigenvalue weighted by Crippen LogP contribution is 2.34. The number of carbonyl (C=O) groups is 1. The van der Waals surface area contributed by atoms with E-state index < -0.39 is 0 Å². The minimum atomic E-state index is -0.181. The maximum atomic E-state index is 12.4. The molecule has 3 rings (SSSR count). The number of nitrogens with zero attached hydrogens (tertiary/aromatic N) is 1. The lowest BCUT2D eigenvalue weighted by atomic mass is 9.84. The smallest absolute Gasteiger partial charge is 0.251 e. The number of nitrogens with one attached hydrogen (secondary N) is 1. The van der Waals surface area contributed by atoms with Crippen LogP contribution in [0.15, 0.2) is 23.1 Å². The number of rotatable bonds is 3. The standard InChI is InChI=1S/C17H24N2O4/c1-2-19-7-3-13(11-15(19)20)16(21)18-14-4-8-23-17(12-14)5-9-22-10-6-17/h3,7,11,14H,2,4-6,8-10,12H2,1H3,(H,18,21). The normalized spacial score (nSPS) is 23.6. The average Bonchev–Trinajstić information content (AvgIpc) is 2.55. The summed E-state index contributed by atoms with van der Waals surface area (Å²) in [7, 11) is 0. The van der Waals surface area contributed by atoms with Crippen molar-refractivity contribution in [2.75, 3.05) is 19.8 Å². The topological polar surface area (TPSA) is 69.6 Å². The first-order valence-electron chi connectivity index (χ1n) is 8.35. The molecule has 2 saturated heterocycles. The zero-order valence-corrected chi connectivity index (χ0v) is 13.5. The molecule has 6 nitrogen and oxygen atoms in total. The van der Waals surface area contributed by atoms with E-state index in [1.54, 1.807) is 16.8 Å². The van der Waals surface area contributed by atoms with Gasteiger partial charge in [0.15, 0.2) is 0 Å². The minimum absolute atomic E-state index is 0.0861. The molecule has 2 aliphatic heterocycles. The highest BCUT2D eigenvalue weighted by Gasteiger charge is 2.39. The molecular weight excluding hydrogens is 296 g/mol. The van der Waals surface area contributed by atoms with E-state index in [1.165, 1.54) is 6.07 Å². The number of pyridine rings is 1. The van der Waals surface area contributed by atoms with E-state index in [-0.39, 0.29) is 23.1 Å². The molecule has 0 aromatic carbocycles. The Morgan fingerprint density at radius 1 is 1.39 bits per heavy atom. The second-order valence-corrected chi connectivity index (χ2v) is 6.35. The number of hydrogen-bond acceptors (Lipinski definition) is 4. The summed E-state index contributed by atoms with van der Waals surface area (Å²) in [4.78, 5) is 24.3. The van der Waals surface area contributed by atoms with Crippen LogP contribution in [0.1, 0.15) is 43.0 Å². The number of hydrogen-bond donors (Lipinski definition) is 1. The van der Waals surface area contributed by atoms with Gasteiger partial charge in [-0.25, -0.2) is 0 Å². The Bertz CT molecular complexity index is 614. The molecule has 126 valence electrons. The van der Waals surface area contributed by atoms with E-state index in [2.05, 4.69) is 5.32 Å². The summed E-state index contributed by atoms with van der Waals surface area (Å²) < 4.78 is 13.0. The lowest BCUT2D eigenvalue weighted by Crippen LogP contribution is -2.51. The van der Waals surface area contributed by atoms with Crippen LogP contribution in [0.5, 0.6) is 0 Å². The Kier molecular flexibility index (Phi) is 4.82. The van der Waals surface area contributed by atoms with Gasteiger partial charge < -0.3 is 19.4 Å². The lowest BCUT2D eigenvalue weighted by Gasteiger charge is -2.43. The summed E-state index contributed by atoms with van der Waals surface area (Å²) >= 11 is 0. The first kappa shape index (κ1) is 16.2. The maximum absolute atomic E-state index is 12.4. The van der Waals surface area contributed by atoms with Crippen LogP contribution in [-0.4, -0.2) is 41.9 Å². The fourth-order valence-electron chi connectivity index (χ4n) is 3.42. The van der Waals surface area contributed by atoms with Crippen molar-refractivity contribution in [3.8, 4) is 0 Å². The molecule has 23 heavy (non-hydrogen) atoms. The minimum Gasteiger partial charge on any atom is -0.381 e. The first-order valence-corrected chi connectivity index (χ1v) is 8.35. The number of aromatic nitrogens is 1. The Hall–Kier alpha value is -1.66. The molecule has 1 N–H and O–H groups in total. The van der Waals surface area contributed by atoms with Crippen molar-refractivity contribution in [2.24, 2.45) is 0 Å². The predicted molar refractivity (Wildman–Crippen MR) is 85.6 cm³/mol. The molecule has 3 heterocycles. The van der Waals surface area contributed by atoms with Gasteiger partial charge in [0.25, 0.3) is 11.5 Å². The van der Waals surface area contributed by atoms with E-state index in [1.807, 2.05) is 6.92 Å². The summed E-state index contributed by atoms with van der Waals surface area (Å²) in [5.41, 5.74) is 0.125. The summed E-state index contributed by atoms with van der Waals surface area (Å²) in [5.74, 6) is -0.181. The van der Waals surface area contributed by atoms with Crippen LogP contribution in [0.25, 0.3) is 0 Å². The molecule has 6 heteroatoms. The van der Waals surface area contributed by atoms with E-state index >= 15 is 0 Å². The van der Waals surface area contributed by atoms with Crippen molar-refractivity contribution in [3.63, 3.8) is 0 Å². The third kappa shape index (κ3) is 3.64. The van der Waals surface area contributed by atoms with E-state index in [0.717, 1.165) is 38.9 Å². The predicted octanol–water partition coefficient (Wildman–Crippen LogP) is 1.33. The average molecular weight is 320 g/mol. The monoisotopic (exact) mass is 320 g/mol. The van der Waals surface area contributed by atoms with Crippen LogP contribution in [0.3, 0.4) is 0 Å². The Morgan fingerprint density at radius 2 is 2.17 bits per heavy atom. The molecule has 1 amide bonds. The molecule has 1 atom stereocenters. The quantitative estimate of drug-likeness (QED) is 0.912. The van der Waals surface area contributed by atoms with Gasteiger partial charge in [-0.2, -0.15) is 0 Å². The molecule has 0 aliphatic carbocycles. The molecule has 2 aliphatic rings. The van der Waals surface area contributed by atoms with Crippen molar-refractivity contribution < 1.29 is 14.3 Å². The largest absolute Gasteiger partial charge is 0.381 e. The number of amides is 1. The van der Waals surface area contributed by atoms with Crippen molar-refractivity contribution >= 4 is 5.91 Å². The number of aryl methyl sites for hydroxylation is 1. The maximum Gasteiger partial charge on any atom is 0.251 e. The second kappa shape index (κ2) is 6.84. The lowest BCUT2D eigenvalue weighted by molar-refractivity contribution is -0.139. The van der Waals surface area contributed by atoms with Crippen LogP contribution in [-0.2, 0) is 16.0 Å². The first-order chi connectivity index (χ1) is 11.1. The third-order valence-corrected chi connectivity index (χ3v) is 4.83. The molecule has 1 aromatic heterocycles. The molecule has 0 saturated carbocycles. The number of carbonyl (C=O) groups excluding carboxylic acids is 1. The van der Waals surface area contributed by atoms with Gasteiger partial charge in [0.1, 0.15) is 0 Å². The van der Waals surface area contributed by atoms with Crippen LogP contribution in [0, 0.1) is 0 Å². The third-order valence-electron chi connectivity index (χ3n) is 4.83. The molecule has 2 fully saturated rings. The van der Waals surface area contributed by atoms with Crippen molar-refractivity contribution in [2.45, 2.75) is 50.8 Å². The van der Waals surface area contributed by atoms with Crippen LogP contribution in [0.2, 0.25) is 0 Å². The van der Waals surface area contributed by atoms with Crippen molar-refractivity contribution in [1.82, 2.24) is 9.88 Å². The van der Waals surface area contributed by atoms with E-state index in [0.29, 0.717) is 18.7 Å². The van der Waals surface area contributed by atoms with Crippen LogP contribution in [0.4, 0.5) is 0 Å². The highest BCUT2D eigenvalue weighted by molar-refractivity contribution is 5.94. The molecule has 1 spiro atoms. The zero-order valence-electron chi connectivity index (χ0n) is 13.5. The van der Waals surface area contributed by atoms with Gasteiger partial charge in [0, 0.05) is 50.2 Å². The van der Waals surface area contributed by atoms with Crippen molar-refractivity contribution in [1.29, 1.82) is 0 Å². The highest BCUT2D eigenvalue weighted by atomic mass is 16.5. The summed E-state index contributed by atoms with van der Waals surface area (Å²) in [5, 5.41) is 3.06. The summed E-state index contributed by atoms with van der Waals surface area (Å²) in [6.07, 6.45) is 5.05. The molecule has 0 radical (unpaired) electrons. The summed E-state index contributed by atoms with van der Waals surface area (Å²) in [6.45, 7) is 4.59. The Morgan fingerprint density at radius 3 is 2.87 bits per heavy atom. The summed E-state index contributed by atoms with van der Waals surface area (Å²) in [6, 6.07) is 3.19.